The summed E-state index contributed by atoms with van der Waals surface area (Å²) in [6.07, 6.45) is 3.08. The van der Waals surface area contributed by atoms with E-state index in [-0.39, 0.29) is 6.61 Å². The number of aromatic nitrogens is 5. The Bertz CT molecular complexity index is 995. The molecule has 2 aromatic heterocycles. The molecule has 4 rings (SSSR count). The van der Waals surface area contributed by atoms with E-state index in [1.54, 1.807) is 30.5 Å². The van der Waals surface area contributed by atoms with Crippen LogP contribution in [0, 0.1) is 0 Å². The fraction of sp³-hybridized carbons (Fsp3) is 0.0556. The van der Waals surface area contributed by atoms with Gasteiger partial charge in [0.2, 0.25) is 5.89 Å². The van der Waals surface area contributed by atoms with E-state index in [4.69, 9.17) is 9.15 Å². The van der Waals surface area contributed by atoms with Crippen molar-refractivity contribution in [2.75, 3.05) is 0 Å². The summed E-state index contributed by atoms with van der Waals surface area (Å²) in [6.45, 7) is -0.0413. The smallest absolute Gasteiger partial charge is 0.338 e. The maximum absolute atomic E-state index is 12.2. The van der Waals surface area contributed by atoms with Crippen LogP contribution >= 0.6 is 0 Å². The molecule has 2 aromatic carbocycles. The first kappa shape index (κ1) is 15.7. The van der Waals surface area contributed by atoms with Crippen LogP contribution in [0.25, 0.3) is 17.0 Å². The topological polar surface area (TPSA) is 95.9 Å². The van der Waals surface area contributed by atoms with E-state index in [0.29, 0.717) is 17.2 Å². The van der Waals surface area contributed by atoms with Crippen molar-refractivity contribution in [2.45, 2.75) is 6.61 Å². The molecule has 0 fully saturated rings. The molecule has 0 amide bonds. The second-order valence-electron chi connectivity index (χ2n) is 5.36. The van der Waals surface area contributed by atoms with Gasteiger partial charge in [0.25, 0.3) is 0 Å². The van der Waals surface area contributed by atoms with E-state index in [0.717, 1.165) is 11.3 Å². The summed E-state index contributed by atoms with van der Waals surface area (Å²) in [4.78, 5) is 16.3. The molecule has 26 heavy (non-hydrogen) atoms. The molecule has 0 saturated heterocycles. The highest BCUT2D eigenvalue weighted by Crippen LogP contribution is 2.20. The van der Waals surface area contributed by atoms with E-state index in [1.165, 1.54) is 11.0 Å². The molecule has 0 aliphatic carbocycles. The summed E-state index contributed by atoms with van der Waals surface area (Å²) >= 11 is 0. The van der Waals surface area contributed by atoms with Crippen LogP contribution in [0.4, 0.5) is 0 Å². The Kier molecular flexibility index (Phi) is 4.21. The Morgan fingerprint density at radius 2 is 1.88 bits per heavy atom. The third kappa shape index (κ3) is 3.34. The van der Waals surface area contributed by atoms with Crippen LogP contribution in [-0.4, -0.2) is 31.2 Å². The van der Waals surface area contributed by atoms with Crippen LogP contribution in [0.15, 0.2) is 71.5 Å². The van der Waals surface area contributed by atoms with E-state index in [2.05, 4.69) is 20.5 Å². The maximum Gasteiger partial charge on any atom is 0.338 e. The van der Waals surface area contributed by atoms with Crippen LogP contribution in [0.3, 0.4) is 0 Å². The molecule has 128 valence electrons. The summed E-state index contributed by atoms with van der Waals surface area (Å²) < 4.78 is 12.4. The van der Waals surface area contributed by atoms with Gasteiger partial charge >= 0.3 is 5.97 Å². The molecule has 0 radical (unpaired) electrons. The van der Waals surface area contributed by atoms with Crippen molar-refractivity contribution in [3.63, 3.8) is 0 Å². The van der Waals surface area contributed by atoms with Gasteiger partial charge in [-0.1, -0.05) is 30.3 Å². The second-order valence-corrected chi connectivity index (χ2v) is 5.36. The molecule has 0 aliphatic rings. The molecular weight excluding hydrogens is 334 g/mol. The lowest BCUT2D eigenvalue weighted by Crippen LogP contribution is -2.06. The van der Waals surface area contributed by atoms with Crippen LogP contribution in [0.1, 0.15) is 16.2 Å². The van der Waals surface area contributed by atoms with Gasteiger partial charge in [-0.05, 0) is 34.7 Å². The number of nitrogens with zero attached hydrogens (tertiary/aromatic N) is 5. The maximum atomic E-state index is 12.2. The molecule has 2 heterocycles. The minimum atomic E-state index is -0.465. The molecule has 0 atom stereocenters. The van der Waals surface area contributed by atoms with Crippen LogP contribution in [0.5, 0.6) is 0 Å². The molecule has 0 aliphatic heterocycles. The van der Waals surface area contributed by atoms with Gasteiger partial charge in [0.15, 0.2) is 12.4 Å². The Morgan fingerprint density at radius 3 is 2.62 bits per heavy atom. The fourth-order valence-corrected chi connectivity index (χ4v) is 2.35. The Hall–Kier alpha value is -3.81. The average Bonchev–Trinajstić information content (AvgIpc) is 3.39. The van der Waals surface area contributed by atoms with Crippen molar-refractivity contribution in [1.29, 1.82) is 0 Å². The van der Waals surface area contributed by atoms with Gasteiger partial charge in [-0.2, -0.15) is 0 Å². The van der Waals surface area contributed by atoms with Crippen molar-refractivity contribution >= 4 is 5.97 Å². The average molecular weight is 347 g/mol. The summed E-state index contributed by atoms with van der Waals surface area (Å²) in [5.41, 5.74) is 2.07. The Labute approximate surface area is 148 Å². The molecule has 8 heteroatoms. The normalized spacial score (nSPS) is 10.6. The van der Waals surface area contributed by atoms with Gasteiger partial charge in [0.1, 0.15) is 6.33 Å². The van der Waals surface area contributed by atoms with Crippen molar-refractivity contribution in [3.8, 4) is 17.0 Å². The number of ether oxygens (including phenoxy) is 1. The SMILES string of the molecule is O=C(OCc1ncc(-c2ccccc2)o1)c1ccc(-n2cnnn2)cc1. The fourth-order valence-electron chi connectivity index (χ4n) is 2.35. The van der Waals surface area contributed by atoms with Gasteiger partial charge in [0, 0.05) is 5.56 Å². The number of esters is 1. The number of hydrogen-bond acceptors (Lipinski definition) is 7. The van der Waals surface area contributed by atoms with Gasteiger partial charge in [0.05, 0.1) is 17.4 Å². The lowest BCUT2D eigenvalue weighted by molar-refractivity contribution is 0.0439. The first-order valence-electron chi connectivity index (χ1n) is 7.80. The molecule has 0 saturated carbocycles. The molecule has 0 N–H and O–H groups in total. The number of carbonyl (C=O) groups is 1. The highest BCUT2D eigenvalue weighted by atomic mass is 16.5. The number of oxazole rings is 1. The van der Waals surface area contributed by atoms with Crippen LogP contribution in [-0.2, 0) is 11.3 Å². The number of carbonyl (C=O) groups excluding carboxylic acids is 1. The van der Waals surface area contributed by atoms with Gasteiger partial charge < -0.3 is 9.15 Å². The third-order valence-electron chi connectivity index (χ3n) is 3.66. The number of benzene rings is 2. The molecular formula is C18H13N5O3. The van der Waals surface area contributed by atoms with E-state index in [1.807, 2.05) is 30.3 Å². The van der Waals surface area contributed by atoms with Crippen molar-refractivity contribution in [1.82, 2.24) is 25.2 Å². The van der Waals surface area contributed by atoms with Crippen molar-refractivity contribution < 1.29 is 13.9 Å². The van der Waals surface area contributed by atoms with Crippen LogP contribution in [0.2, 0.25) is 0 Å². The predicted molar refractivity (Wildman–Crippen MR) is 90.2 cm³/mol. The van der Waals surface area contributed by atoms with Gasteiger partial charge in [-0.3, -0.25) is 0 Å². The third-order valence-corrected chi connectivity index (χ3v) is 3.66. The van der Waals surface area contributed by atoms with Crippen molar-refractivity contribution in [3.05, 3.63) is 78.6 Å². The van der Waals surface area contributed by atoms with Crippen molar-refractivity contribution in [2.24, 2.45) is 0 Å². The molecule has 8 nitrogen and oxygen atoms in total. The first-order valence-corrected chi connectivity index (χ1v) is 7.80. The predicted octanol–water partition coefficient (Wildman–Crippen LogP) is 2.67. The zero-order valence-electron chi connectivity index (χ0n) is 13.5. The highest BCUT2D eigenvalue weighted by molar-refractivity contribution is 5.89. The quantitative estimate of drug-likeness (QED) is 0.512. The summed E-state index contributed by atoms with van der Waals surface area (Å²) in [6, 6.07) is 16.3. The summed E-state index contributed by atoms with van der Waals surface area (Å²) in [5, 5.41) is 10.9. The lowest BCUT2D eigenvalue weighted by atomic mass is 10.2. The van der Waals surface area contributed by atoms with Gasteiger partial charge in [-0.25, -0.2) is 14.5 Å². The van der Waals surface area contributed by atoms with E-state index in [9.17, 15) is 4.79 Å². The van der Waals surface area contributed by atoms with E-state index >= 15 is 0 Å². The standard InChI is InChI=1S/C18H13N5O3/c24-18(14-6-8-15(9-7-14)23-12-20-21-22-23)25-11-17-19-10-16(26-17)13-4-2-1-3-5-13/h1-10,12H,11H2. The first-order chi connectivity index (χ1) is 12.8. The lowest BCUT2D eigenvalue weighted by Gasteiger charge is -2.04. The molecule has 0 spiro atoms. The number of tetrazole rings is 1. The summed E-state index contributed by atoms with van der Waals surface area (Å²) in [7, 11) is 0. The van der Waals surface area contributed by atoms with Crippen LogP contribution < -0.4 is 0 Å². The summed E-state index contributed by atoms with van der Waals surface area (Å²) in [5.74, 6) is 0.498. The Balaban J connectivity index is 1.39. The Morgan fingerprint density at radius 1 is 1.08 bits per heavy atom. The number of hydrogen-bond donors (Lipinski definition) is 0. The monoisotopic (exact) mass is 347 g/mol. The number of rotatable bonds is 5. The molecule has 0 bridgehead atoms. The minimum Gasteiger partial charge on any atom is -0.452 e. The largest absolute Gasteiger partial charge is 0.452 e. The zero-order chi connectivity index (χ0) is 17.8. The van der Waals surface area contributed by atoms with E-state index < -0.39 is 5.97 Å². The molecule has 0 unspecified atom stereocenters. The minimum absolute atomic E-state index is 0.0413. The van der Waals surface area contributed by atoms with Gasteiger partial charge in [-0.15, -0.1) is 5.10 Å². The second kappa shape index (κ2) is 6.98. The highest BCUT2D eigenvalue weighted by Gasteiger charge is 2.11. The zero-order valence-corrected chi connectivity index (χ0v) is 13.5. The molecule has 4 aromatic rings.